The van der Waals surface area contributed by atoms with E-state index < -0.39 is 5.41 Å². The number of hydrogen-bond donors (Lipinski definition) is 0. The molecule has 4 aromatic carbocycles. The zero-order valence-corrected chi connectivity index (χ0v) is 31.0. The van der Waals surface area contributed by atoms with E-state index in [2.05, 4.69) is 92.5 Å². The molecule has 0 amide bonds. The van der Waals surface area contributed by atoms with Crippen molar-refractivity contribution >= 4 is 31.9 Å². The molecule has 0 bridgehead atoms. The summed E-state index contributed by atoms with van der Waals surface area (Å²) < 4.78 is 36.0. The minimum Gasteiger partial charge on any atom is -0.491 e. The molecular weight excluding hydrogens is 724 g/mol. The maximum Gasteiger partial charge on any atom is 0.119 e. The van der Waals surface area contributed by atoms with E-state index in [0.29, 0.717) is 66.1 Å². The lowest BCUT2D eigenvalue weighted by atomic mass is 9.67. The molecule has 0 atom stereocenters. The van der Waals surface area contributed by atoms with Crippen LogP contribution in [0.3, 0.4) is 0 Å². The maximum absolute atomic E-state index is 6.02. The third-order valence-electron chi connectivity index (χ3n) is 7.78. The summed E-state index contributed by atoms with van der Waals surface area (Å²) in [6.07, 6.45) is 0. The summed E-state index contributed by atoms with van der Waals surface area (Å²) >= 11 is 7.53. The molecule has 0 radical (unpaired) electrons. The number of ether oxygens (including phenoxy) is 6. The summed E-state index contributed by atoms with van der Waals surface area (Å²) in [5.41, 5.74) is 6.62. The molecule has 0 saturated carbocycles. The van der Waals surface area contributed by atoms with E-state index in [4.69, 9.17) is 28.4 Å². The molecule has 0 aromatic heterocycles. The Morgan fingerprint density at radius 3 is 1.21 bits per heavy atom. The Labute approximate surface area is 296 Å². The molecule has 5 rings (SSSR count). The largest absolute Gasteiger partial charge is 0.491 e. The third kappa shape index (κ3) is 9.25. The van der Waals surface area contributed by atoms with E-state index >= 15 is 0 Å². The van der Waals surface area contributed by atoms with Crippen LogP contribution in [0.1, 0.15) is 49.9 Å². The molecule has 252 valence electrons. The van der Waals surface area contributed by atoms with E-state index in [9.17, 15) is 0 Å². The number of halogens is 2. The fourth-order valence-electron chi connectivity index (χ4n) is 5.82. The SMILES string of the molecule is CC.CCOCCOCCOc1ccc(C2(c3ccc(OCCOCCOCC)cc3)c3cc(Br)ccc3-c3ccc(Br)cc32)cc1. The van der Waals surface area contributed by atoms with Gasteiger partial charge in [0, 0.05) is 22.2 Å². The molecular formula is C39H46Br2O6. The van der Waals surface area contributed by atoms with Crippen molar-refractivity contribution in [3.63, 3.8) is 0 Å². The van der Waals surface area contributed by atoms with Gasteiger partial charge in [-0.25, -0.2) is 0 Å². The van der Waals surface area contributed by atoms with Crippen LogP contribution in [0.5, 0.6) is 11.5 Å². The van der Waals surface area contributed by atoms with Crippen LogP contribution in [0.4, 0.5) is 0 Å². The Balaban J connectivity index is 0.00000245. The van der Waals surface area contributed by atoms with Crippen molar-refractivity contribution in [3.8, 4) is 22.6 Å². The zero-order valence-electron chi connectivity index (χ0n) is 27.9. The van der Waals surface area contributed by atoms with E-state index in [-0.39, 0.29) is 0 Å². The van der Waals surface area contributed by atoms with Gasteiger partial charge < -0.3 is 28.4 Å². The lowest BCUT2D eigenvalue weighted by Crippen LogP contribution is -2.28. The first-order chi connectivity index (χ1) is 23.1. The van der Waals surface area contributed by atoms with E-state index in [0.717, 1.165) is 31.6 Å². The molecule has 0 N–H and O–H groups in total. The molecule has 0 fully saturated rings. The number of rotatable bonds is 18. The van der Waals surface area contributed by atoms with Crippen molar-refractivity contribution in [2.45, 2.75) is 33.1 Å². The van der Waals surface area contributed by atoms with Crippen LogP contribution in [-0.4, -0.2) is 66.1 Å². The fourth-order valence-corrected chi connectivity index (χ4v) is 6.55. The van der Waals surface area contributed by atoms with Gasteiger partial charge in [0.15, 0.2) is 0 Å². The predicted octanol–water partition coefficient (Wildman–Crippen LogP) is 9.46. The van der Waals surface area contributed by atoms with Gasteiger partial charge in [-0.15, -0.1) is 0 Å². The van der Waals surface area contributed by atoms with Crippen molar-refractivity contribution in [3.05, 3.63) is 116 Å². The van der Waals surface area contributed by atoms with Crippen LogP contribution < -0.4 is 9.47 Å². The average molecular weight is 771 g/mol. The monoisotopic (exact) mass is 768 g/mol. The highest BCUT2D eigenvalue weighted by atomic mass is 79.9. The zero-order chi connectivity index (χ0) is 33.5. The molecule has 0 saturated heterocycles. The van der Waals surface area contributed by atoms with Crippen LogP contribution in [0.2, 0.25) is 0 Å². The molecule has 0 unspecified atom stereocenters. The normalized spacial score (nSPS) is 12.6. The summed E-state index contributed by atoms with van der Waals surface area (Å²) in [7, 11) is 0. The van der Waals surface area contributed by atoms with Crippen molar-refractivity contribution < 1.29 is 28.4 Å². The van der Waals surface area contributed by atoms with E-state index in [1.54, 1.807) is 0 Å². The maximum atomic E-state index is 6.02. The topological polar surface area (TPSA) is 55.4 Å². The Bertz CT molecular complexity index is 1390. The van der Waals surface area contributed by atoms with Gasteiger partial charge in [0.1, 0.15) is 24.7 Å². The van der Waals surface area contributed by atoms with Crippen LogP contribution in [0.25, 0.3) is 11.1 Å². The lowest BCUT2D eigenvalue weighted by molar-refractivity contribution is 0.0405. The average Bonchev–Trinajstić information content (AvgIpc) is 3.38. The standard InChI is InChI=1S/C37H40Br2O6.C2H6/c1-3-40-17-19-42-21-23-44-31-11-5-27(6-12-31)37(28-7-13-32(14-8-28)45-24-22-43-20-18-41-4-2)35-25-29(38)9-15-33(35)34-16-10-30(39)26-36(34)37;1-2/h5-16,25-26H,3-4,17-24H2,1-2H3;1-2H3. The highest BCUT2D eigenvalue weighted by molar-refractivity contribution is 9.10. The third-order valence-corrected chi connectivity index (χ3v) is 8.77. The summed E-state index contributed by atoms with van der Waals surface area (Å²) in [6, 6.07) is 30.0. The van der Waals surface area contributed by atoms with Crippen LogP contribution in [0.15, 0.2) is 93.9 Å². The minimum atomic E-state index is -0.555. The Kier molecular flexibility index (Phi) is 15.3. The van der Waals surface area contributed by atoms with Crippen LogP contribution >= 0.6 is 31.9 Å². The molecule has 0 spiro atoms. The number of benzene rings is 4. The Hall–Kier alpha value is -2.72. The first kappa shape index (κ1) is 37.1. The van der Waals surface area contributed by atoms with Crippen molar-refractivity contribution in [2.24, 2.45) is 0 Å². The molecule has 47 heavy (non-hydrogen) atoms. The molecule has 1 aliphatic carbocycles. The number of fused-ring (bicyclic) bond motifs is 3. The first-order valence-electron chi connectivity index (χ1n) is 16.5. The summed E-state index contributed by atoms with van der Waals surface area (Å²) in [6.45, 7) is 13.6. The van der Waals surface area contributed by atoms with Gasteiger partial charge in [-0.1, -0.05) is 82.1 Å². The summed E-state index contributed by atoms with van der Waals surface area (Å²) in [4.78, 5) is 0. The van der Waals surface area contributed by atoms with Crippen molar-refractivity contribution in [1.29, 1.82) is 0 Å². The van der Waals surface area contributed by atoms with Gasteiger partial charge in [0.2, 0.25) is 0 Å². The number of hydrogen-bond acceptors (Lipinski definition) is 6. The van der Waals surface area contributed by atoms with Gasteiger partial charge in [0.05, 0.1) is 45.1 Å². The quantitative estimate of drug-likeness (QED) is 0.0829. The smallest absolute Gasteiger partial charge is 0.119 e. The molecule has 4 aromatic rings. The molecule has 0 heterocycles. The Morgan fingerprint density at radius 2 is 0.830 bits per heavy atom. The van der Waals surface area contributed by atoms with Crippen molar-refractivity contribution in [2.75, 3.05) is 66.1 Å². The van der Waals surface area contributed by atoms with Crippen molar-refractivity contribution in [1.82, 2.24) is 0 Å². The van der Waals surface area contributed by atoms with Gasteiger partial charge in [-0.3, -0.25) is 0 Å². The minimum absolute atomic E-state index is 0.473. The second kappa shape index (κ2) is 19.3. The van der Waals surface area contributed by atoms with Gasteiger partial charge >= 0.3 is 0 Å². The molecule has 6 nitrogen and oxygen atoms in total. The highest BCUT2D eigenvalue weighted by Crippen LogP contribution is 2.57. The highest BCUT2D eigenvalue weighted by Gasteiger charge is 2.46. The fraction of sp³-hybridized carbons (Fsp3) is 0.385. The van der Waals surface area contributed by atoms with E-state index in [1.165, 1.54) is 22.3 Å². The van der Waals surface area contributed by atoms with Gasteiger partial charge in [-0.05, 0) is 95.8 Å². The summed E-state index contributed by atoms with van der Waals surface area (Å²) in [5.74, 6) is 1.60. The van der Waals surface area contributed by atoms with Crippen LogP contribution in [0, 0.1) is 0 Å². The van der Waals surface area contributed by atoms with Gasteiger partial charge in [0.25, 0.3) is 0 Å². The second-order valence-electron chi connectivity index (χ2n) is 10.5. The molecule has 8 heteroatoms. The van der Waals surface area contributed by atoms with Gasteiger partial charge in [-0.2, -0.15) is 0 Å². The second-order valence-corrected chi connectivity index (χ2v) is 12.3. The molecule has 1 aliphatic rings. The summed E-state index contributed by atoms with van der Waals surface area (Å²) in [5, 5.41) is 0. The van der Waals surface area contributed by atoms with E-state index in [1.807, 2.05) is 52.0 Å². The predicted molar refractivity (Wildman–Crippen MR) is 196 cm³/mol. The lowest BCUT2D eigenvalue weighted by Gasteiger charge is -2.34. The molecule has 0 aliphatic heterocycles. The first-order valence-corrected chi connectivity index (χ1v) is 18.0. The Morgan fingerprint density at radius 1 is 0.468 bits per heavy atom. The van der Waals surface area contributed by atoms with Crippen LogP contribution in [-0.2, 0) is 24.4 Å².